The molecular weight excluding hydrogens is 312 g/mol. The number of aromatic nitrogens is 1. The van der Waals surface area contributed by atoms with Crippen molar-refractivity contribution in [1.82, 2.24) is 9.88 Å². The standard InChI is InChI=1S/C20H24N4O/c1-25-19-5-2-17(3-6-19)15-24-10-8-16(9-11-24)13-22-20-7-4-18(12-21)14-23-20/h2-7,14,16H,8-11,13,15H2,1H3,(H,22,23). The van der Waals surface area contributed by atoms with Crippen LogP contribution in [0.2, 0.25) is 0 Å². The topological polar surface area (TPSA) is 61.2 Å². The second kappa shape index (κ2) is 8.50. The average Bonchev–Trinajstić information content (AvgIpc) is 2.68. The van der Waals surface area contributed by atoms with E-state index in [-0.39, 0.29) is 0 Å². The molecule has 1 aliphatic rings. The van der Waals surface area contributed by atoms with Crippen molar-refractivity contribution in [2.24, 2.45) is 5.92 Å². The van der Waals surface area contributed by atoms with Crippen LogP contribution in [-0.4, -0.2) is 36.6 Å². The van der Waals surface area contributed by atoms with Crippen molar-refractivity contribution in [3.63, 3.8) is 0 Å². The largest absolute Gasteiger partial charge is 0.497 e. The molecule has 0 radical (unpaired) electrons. The summed E-state index contributed by atoms with van der Waals surface area (Å²) in [4.78, 5) is 6.78. The molecule has 1 saturated heterocycles. The van der Waals surface area contributed by atoms with E-state index in [1.54, 1.807) is 19.4 Å². The van der Waals surface area contributed by atoms with Gasteiger partial charge >= 0.3 is 0 Å². The number of likely N-dealkylation sites (tertiary alicyclic amines) is 1. The van der Waals surface area contributed by atoms with E-state index >= 15 is 0 Å². The fraction of sp³-hybridized carbons (Fsp3) is 0.400. The lowest BCUT2D eigenvalue weighted by atomic mass is 9.96. The Hall–Kier alpha value is -2.58. The maximum atomic E-state index is 8.80. The van der Waals surface area contributed by atoms with Crippen LogP contribution in [0, 0.1) is 17.2 Å². The summed E-state index contributed by atoms with van der Waals surface area (Å²) in [6, 6.07) is 14.1. The summed E-state index contributed by atoms with van der Waals surface area (Å²) < 4.78 is 5.21. The van der Waals surface area contributed by atoms with Crippen LogP contribution in [0.3, 0.4) is 0 Å². The fourth-order valence-corrected chi connectivity index (χ4v) is 3.15. The Morgan fingerprint density at radius 3 is 2.56 bits per heavy atom. The van der Waals surface area contributed by atoms with Crippen molar-refractivity contribution in [3.05, 3.63) is 53.7 Å². The first-order valence-electron chi connectivity index (χ1n) is 8.72. The van der Waals surface area contributed by atoms with E-state index in [9.17, 15) is 0 Å². The average molecular weight is 336 g/mol. The molecule has 5 nitrogen and oxygen atoms in total. The number of benzene rings is 1. The van der Waals surface area contributed by atoms with Gasteiger partial charge in [-0.05, 0) is 61.7 Å². The molecule has 1 aromatic carbocycles. The summed E-state index contributed by atoms with van der Waals surface area (Å²) >= 11 is 0. The van der Waals surface area contributed by atoms with E-state index in [0.29, 0.717) is 11.5 Å². The molecule has 1 N–H and O–H groups in total. The van der Waals surface area contributed by atoms with Gasteiger partial charge < -0.3 is 10.1 Å². The normalized spacial score (nSPS) is 15.5. The number of methoxy groups -OCH3 is 1. The molecule has 5 heteroatoms. The number of nitriles is 1. The van der Waals surface area contributed by atoms with Gasteiger partial charge in [-0.25, -0.2) is 4.98 Å². The lowest BCUT2D eigenvalue weighted by molar-refractivity contribution is 0.182. The highest BCUT2D eigenvalue weighted by atomic mass is 16.5. The molecule has 2 heterocycles. The molecule has 1 aliphatic heterocycles. The van der Waals surface area contributed by atoms with E-state index in [1.807, 2.05) is 18.2 Å². The van der Waals surface area contributed by atoms with Crippen molar-refractivity contribution in [2.75, 3.05) is 32.1 Å². The van der Waals surface area contributed by atoms with Crippen molar-refractivity contribution in [2.45, 2.75) is 19.4 Å². The first kappa shape index (κ1) is 17.2. The first-order chi connectivity index (χ1) is 12.3. The molecule has 0 spiro atoms. The molecular formula is C20H24N4O. The number of hydrogen-bond acceptors (Lipinski definition) is 5. The molecule has 0 bridgehead atoms. The predicted octanol–water partition coefficient (Wildman–Crippen LogP) is 3.29. The Balaban J connectivity index is 1.41. The van der Waals surface area contributed by atoms with Gasteiger partial charge in [0.05, 0.1) is 12.7 Å². The van der Waals surface area contributed by atoms with Crippen LogP contribution in [0.15, 0.2) is 42.6 Å². The number of pyridine rings is 1. The Bertz CT molecular complexity index is 698. The number of nitrogens with zero attached hydrogens (tertiary/aromatic N) is 3. The number of anilines is 1. The van der Waals surface area contributed by atoms with Crippen LogP contribution < -0.4 is 10.1 Å². The number of hydrogen-bond donors (Lipinski definition) is 1. The van der Waals surface area contributed by atoms with Crippen LogP contribution in [0.25, 0.3) is 0 Å². The van der Waals surface area contributed by atoms with Gasteiger partial charge in [-0.3, -0.25) is 4.90 Å². The van der Waals surface area contributed by atoms with E-state index < -0.39 is 0 Å². The van der Waals surface area contributed by atoms with Gasteiger partial charge in [-0.2, -0.15) is 5.26 Å². The summed E-state index contributed by atoms with van der Waals surface area (Å²) in [5, 5.41) is 12.2. The van der Waals surface area contributed by atoms with Crippen molar-refractivity contribution < 1.29 is 4.74 Å². The van der Waals surface area contributed by atoms with Crippen LogP contribution in [0.5, 0.6) is 5.75 Å². The third kappa shape index (κ3) is 4.94. The second-order valence-electron chi connectivity index (χ2n) is 6.49. The minimum atomic E-state index is 0.595. The van der Waals surface area contributed by atoms with Gasteiger partial charge in [0.1, 0.15) is 17.6 Å². The highest BCUT2D eigenvalue weighted by Crippen LogP contribution is 2.20. The smallest absolute Gasteiger partial charge is 0.125 e. The molecule has 3 rings (SSSR count). The molecule has 25 heavy (non-hydrogen) atoms. The van der Waals surface area contributed by atoms with Crippen LogP contribution in [0.4, 0.5) is 5.82 Å². The van der Waals surface area contributed by atoms with Gasteiger partial charge in [0.2, 0.25) is 0 Å². The van der Waals surface area contributed by atoms with Crippen LogP contribution in [-0.2, 0) is 6.54 Å². The second-order valence-corrected chi connectivity index (χ2v) is 6.49. The number of piperidine rings is 1. The summed E-state index contributed by atoms with van der Waals surface area (Å²) in [6.07, 6.45) is 4.00. The number of rotatable bonds is 6. The van der Waals surface area contributed by atoms with Crippen molar-refractivity contribution in [3.8, 4) is 11.8 Å². The first-order valence-corrected chi connectivity index (χ1v) is 8.72. The quantitative estimate of drug-likeness (QED) is 0.877. The molecule has 0 unspecified atom stereocenters. The zero-order valence-electron chi connectivity index (χ0n) is 14.6. The van der Waals surface area contributed by atoms with Gasteiger partial charge in [-0.1, -0.05) is 12.1 Å². The molecule has 130 valence electrons. The highest BCUT2D eigenvalue weighted by molar-refractivity contribution is 5.38. The predicted molar refractivity (Wildman–Crippen MR) is 98.4 cm³/mol. The summed E-state index contributed by atoms with van der Waals surface area (Å²) in [6.45, 7) is 4.19. The van der Waals surface area contributed by atoms with Crippen molar-refractivity contribution >= 4 is 5.82 Å². The molecule has 0 aliphatic carbocycles. The maximum absolute atomic E-state index is 8.80. The third-order valence-corrected chi connectivity index (χ3v) is 4.74. The SMILES string of the molecule is COc1ccc(CN2CCC(CNc3ccc(C#N)cn3)CC2)cc1. The summed E-state index contributed by atoms with van der Waals surface area (Å²) in [7, 11) is 1.70. The fourth-order valence-electron chi connectivity index (χ4n) is 3.15. The molecule has 0 saturated carbocycles. The molecule has 1 fully saturated rings. The van der Waals surface area contributed by atoms with E-state index in [2.05, 4.69) is 33.4 Å². The lowest BCUT2D eigenvalue weighted by Gasteiger charge is -2.32. The third-order valence-electron chi connectivity index (χ3n) is 4.74. The maximum Gasteiger partial charge on any atom is 0.125 e. The zero-order chi connectivity index (χ0) is 17.5. The van der Waals surface area contributed by atoms with Crippen LogP contribution >= 0.6 is 0 Å². The number of ether oxygens (including phenoxy) is 1. The Morgan fingerprint density at radius 1 is 1.20 bits per heavy atom. The van der Waals surface area contributed by atoms with E-state index in [1.165, 1.54) is 18.4 Å². The van der Waals surface area contributed by atoms with Gasteiger partial charge in [0.25, 0.3) is 0 Å². The highest BCUT2D eigenvalue weighted by Gasteiger charge is 2.19. The van der Waals surface area contributed by atoms with E-state index in [0.717, 1.165) is 37.7 Å². The molecule has 1 aromatic heterocycles. The number of nitrogens with one attached hydrogen (secondary N) is 1. The molecule has 0 amide bonds. The van der Waals surface area contributed by atoms with Crippen molar-refractivity contribution in [1.29, 1.82) is 5.26 Å². The molecule has 2 aromatic rings. The monoisotopic (exact) mass is 336 g/mol. The van der Waals surface area contributed by atoms with Gasteiger partial charge in [0, 0.05) is 19.3 Å². The minimum Gasteiger partial charge on any atom is -0.497 e. The summed E-state index contributed by atoms with van der Waals surface area (Å²) in [5.74, 6) is 2.43. The Kier molecular flexibility index (Phi) is 5.86. The summed E-state index contributed by atoms with van der Waals surface area (Å²) in [5.41, 5.74) is 1.93. The van der Waals surface area contributed by atoms with Crippen LogP contribution in [0.1, 0.15) is 24.0 Å². The minimum absolute atomic E-state index is 0.595. The lowest BCUT2D eigenvalue weighted by Crippen LogP contribution is -2.35. The van der Waals surface area contributed by atoms with Gasteiger partial charge in [-0.15, -0.1) is 0 Å². The Morgan fingerprint density at radius 2 is 1.96 bits per heavy atom. The van der Waals surface area contributed by atoms with Gasteiger partial charge in [0.15, 0.2) is 0 Å². The zero-order valence-corrected chi connectivity index (χ0v) is 14.6. The molecule has 0 atom stereocenters. The Labute approximate surface area is 149 Å². The van der Waals surface area contributed by atoms with E-state index in [4.69, 9.17) is 10.00 Å².